The van der Waals surface area contributed by atoms with E-state index in [2.05, 4.69) is 15.0 Å². The highest BCUT2D eigenvalue weighted by Gasteiger charge is 2.46. The summed E-state index contributed by atoms with van der Waals surface area (Å²) < 4.78 is 26.5. The summed E-state index contributed by atoms with van der Waals surface area (Å²) in [6.07, 6.45) is -3.29. The van der Waals surface area contributed by atoms with E-state index in [4.69, 9.17) is 15.0 Å². The lowest BCUT2D eigenvalue weighted by Gasteiger charge is -2.17. The molecule has 0 amide bonds. The highest BCUT2D eigenvalue weighted by molar-refractivity contribution is 5.89. The van der Waals surface area contributed by atoms with Crippen LogP contribution in [0.25, 0.3) is 10.4 Å². The van der Waals surface area contributed by atoms with Gasteiger partial charge in [-0.1, -0.05) is 22.8 Å². The Morgan fingerprint density at radius 2 is 2.03 bits per heavy atom. The van der Waals surface area contributed by atoms with Gasteiger partial charge in [0.25, 0.3) is 5.56 Å². The van der Waals surface area contributed by atoms with E-state index in [0.29, 0.717) is 5.56 Å². The number of ether oxygens (including phenoxy) is 2. The Morgan fingerprint density at radius 1 is 1.34 bits per heavy atom. The Bertz CT molecular complexity index is 1070. The number of nitrogens with zero attached hydrogens (tertiary/aromatic N) is 4. The Labute approximate surface area is 163 Å². The van der Waals surface area contributed by atoms with Crippen molar-refractivity contribution >= 4 is 5.97 Å². The number of rotatable bonds is 5. The van der Waals surface area contributed by atoms with Gasteiger partial charge in [-0.3, -0.25) is 14.3 Å². The average Bonchev–Trinajstić information content (AvgIpc) is 2.99. The largest absolute Gasteiger partial charge is 0.459 e. The molecule has 1 N–H and O–H groups in total. The Balaban J connectivity index is 1.79. The van der Waals surface area contributed by atoms with Crippen LogP contribution >= 0.6 is 0 Å². The molecule has 1 saturated heterocycles. The van der Waals surface area contributed by atoms with Gasteiger partial charge in [-0.05, 0) is 31.5 Å². The number of carbonyl (C=O) groups is 1. The third kappa shape index (κ3) is 4.20. The standard InChI is InChI=1S/C18H18FN5O5/c1-9-3-5-11(6-4-9)17(26)28-8-12-14(22-23-20)13(19)16(29-12)24-7-10(2)15(25)21-18(24)27/h3-7,12-14,16H,8H2,1-2H3,(H,21,25,27)/t12-,13+,14-,16-/m1/s1. The quantitative estimate of drug-likeness (QED) is 0.352. The number of benzene rings is 1. The molecule has 0 radical (unpaired) electrons. The molecule has 152 valence electrons. The number of aromatic nitrogens is 2. The van der Waals surface area contributed by atoms with Gasteiger partial charge in [0.05, 0.1) is 5.56 Å². The van der Waals surface area contributed by atoms with Crippen LogP contribution in [0.1, 0.15) is 27.7 Å². The highest BCUT2D eigenvalue weighted by Crippen LogP contribution is 2.33. The van der Waals surface area contributed by atoms with Gasteiger partial charge in [-0.15, -0.1) is 0 Å². The highest BCUT2D eigenvalue weighted by atomic mass is 19.1. The maximum atomic E-state index is 14.9. The fourth-order valence-corrected chi connectivity index (χ4v) is 2.97. The molecule has 0 spiro atoms. The minimum absolute atomic E-state index is 0.176. The van der Waals surface area contributed by atoms with Crippen molar-refractivity contribution in [1.82, 2.24) is 9.55 Å². The predicted octanol–water partition coefficient (Wildman–Crippen LogP) is 1.92. The van der Waals surface area contributed by atoms with Crippen LogP contribution in [-0.2, 0) is 9.47 Å². The Kier molecular flexibility index (Phi) is 5.81. The summed E-state index contributed by atoms with van der Waals surface area (Å²) in [5.41, 5.74) is 8.72. The third-order valence-electron chi connectivity index (χ3n) is 4.56. The minimum atomic E-state index is -1.89. The number of alkyl halides is 1. The molecule has 10 nitrogen and oxygen atoms in total. The van der Waals surface area contributed by atoms with E-state index in [-0.39, 0.29) is 12.2 Å². The van der Waals surface area contributed by atoms with Crippen molar-refractivity contribution < 1.29 is 18.7 Å². The molecule has 1 aromatic heterocycles. The van der Waals surface area contributed by atoms with Gasteiger partial charge < -0.3 is 9.47 Å². The molecule has 0 unspecified atom stereocenters. The number of azide groups is 1. The van der Waals surface area contributed by atoms with E-state index in [1.165, 1.54) is 6.92 Å². The molecular formula is C18H18FN5O5. The second-order valence-electron chi connectivity index (χ2n) is 6.65. The molecule has 2 aromatic rings. The summed E-state index contributed by atoms with van der Waals surface area (Å²) in [4.78, 5) is 40.4. The Hall–Kier alpha value is -3.43. The van der Waals surface area contributed by atoms with Crippen LogP contribution in [0.3, 0.4) is 0 Å². The van der Waals surface area contributed by atoms with Crippen LogP contribution in [-0.4, -0.2) is 40.4 Å². The molecule has 11 heteroatoms. The van der Waals surface area contributed by atoms with Gasteiger partial charge >= 0.3 is 11.7 Å². The molecular weight excluding hydrogens is 385 g/mol. The third-order valence-corrected chi connectivity index (χ3v) is 4.56. The van der Waals surface area contributed by atoms with Crippen molar-refractivity contribution in [3.8, 4) is 0 Å². The first-order valence-electron chi connectivity index (χ1n) is 8.71. The zero-order valence-electron chi connectivity index (χ0n) is 15.6. The van der Waals surface area contributed by atoms with E-state index in [1.54, 1.807) is 24.3 Å². The smallest absolute Gasteiger partial charge is 0.338 e. The minimum Gasteiger partial charge on any atom is -0.459 e. The van der Waals surface area contributed by atoms with Crippen molar-refractivity contribution in [2.24, 2.45) is 5.11 Å². The first-order valence-corrected chi connectivity index (χ1v) is 8.71. The van der Waals surface area contributed by atoms with Crippen LogP contribution in [0, 0.1) is 13.8 Å². The number of esters is 1. The van der Waals surface area contributed by atoms with Gasteiger partial charge in [0.2, 0.25) is 0 Å². The van der Waals surface area contributed by atoms with E-state index in [1.807, 2.05) is 6.92 Å². The molecule has 2 heterocycles. The van der Waals surface area contributed by atoms with Gasteiger partial charge in [0.1, 0.15) is 18.8 Å². The number of aromatic amines is 1. The Morgan fingerprint density at radius 3 is 2.69 bits per heavy atom. The predicted molar refractivity (Wildman–Crippen MR) is 99.3 cm³/mol. The second kappa shape index (κ2) is 8.29. The topological polar surface area (TPSA) is 139 Å². The number of H-pyrrole nitrogens is 1. The SMILES string of the molecule is Cc1ccc(C(=O)OC[C@H]2O[C@@H](n3cc(C)c(=O)[nH]c3=O)[C@@H](F)[C@@H]2N=[N+]=[N-])cc1. The summed E-state index contributed by atoms with van der Waals surface area (Å²) in [6.45, 7) is 2.93. The fourth-order valence-electron chi connectivity index (χ4n) is 2.97. The van der Waals surface area contributed by atoms with Gasteiger partial charge in [0, 0.05) is 16.7 Å². The molecule has 1 aromatic carbocycles. The summed E-state index contributed by atoms with van der Waals surface area (Å²) in [5, 5.41) is 3.40. The maximum absolute atomic E-state index is 14.9. The molecule has 0 bridgehead atoms. The lowest BCUT2D eigenvalue weighted by atomic mass is 10.1. The van der Waals surface area contributed by atoms with E-state index in [0.717, 1.165) is 16.3 Å². The van der Waals surface area contributed by atoms with E-state index in [9.17, 15) is 18.8 Å². The van der Waals surface area contributed by atoms with E-state index >= 15 is 0 Å². The normalized spacial score (nSPS) is 23.4. The summed E-state index contributed by atoms with van der Waals surface area (Å²) in [6, 6.07) is 5.33. The molecule has 1 aliphatic heterocycles. The number of halogens is 1. The van der Waals surface area contributed by atoms with E-state index < -0.39 is 41.8 Å². The molecule has 3 rings (SSSR count). The average molecular weight is 403 g/mol. The fraction of sp³-hybridized carbons (Fsp3) is 0.389. The molecule has 1 aliphatic rings. The van der Waals surface area contributed by atoms with Crippen LogP contribution in [0.15, 0.2) is 45.2 Å². The van der Waals surface area contributed by atoms with Crippen LogP contribution in [0.4, 0.5) is 4.39 Å². The first kappa shape index (κ1) is 20.3. The number of nitrogens with one attached hydrogen (secondary N) is 1. The van der Waals surface area contributed by atoms with Crippen LogP contribution < -0.4 is 11.2 Å². The maximum Gasteiger partial charge on any atom is 0.338 e. The molecule has 4 atom stereocenters. The van der Waals surface area contributed by atoms with Crippen molar-refractivity contribution in [2.75, 3.05) is 6.61 Å². The van der Waals surface area contributed by atoms with Crippen molar-refractivity contribution in [2.45, 2.75) is 38.4 Å². The monoisotopic (exact) mass is 403 g/mol. The lowest BCUT2D eigenvalue weighted by molar-refractivity contribution is -0.0466. The molecule has 1 fully saturated rings. The zero-order chi connectivity index (χ0) is 21.1. The number of hydrogen-bond donors (Lipinski definition) is 1. The molecule has 29 heavy (non-hydrogen) atoms. The lowest BCUT2D eigenvalue weighted by Crippen LogP contribution is -2.36. The zero-order valence-corrected chi connectivity index (χ0v) is 15.6. The van der Waals surface area contributed by atoms with Gasteiger partial charge in [-0.25, -0.2) is 14.0 Å². The molecule has 0 saturated carbocycles. The first-order chi connectivity index (χ1) is 13.8. The van der Waals surface area contributed by atoms with Crippen LogP contribution in [0.5, 0.6) is 0 Å². The van der Waals surface area contributed by atoms with Crippen LogP contribution in [0.2, 0.25) is 0 Å². The number of hydrogen-bond acceptors (Lipinski definition) is 6. The van der Waals surface area contributed by atoms with Crippen molar-refractivity contribution in [3.05, 3.63) is 78.4 Å². The summed E-state index contributed by atoms with van der Waals surface area (Å²) >= 11 is 0. The summed E-state index contributed by atoms with van der Waals surface area (Å²) in [5.74, 6) is -0.649. The second-order valence-corrected chi connectivity index (χ2v) is 6.65. The molecule has 0 aliphatic carbocycles. The van der Waals surface area contributed by atoms with Crippen molar-refractivity contribution in [3.63, 3.8) is 0 Å². The van der Waals surface area contributed by atoms with Crippen molar-refractivity contribution in [1.29, 1.82) is 0 Å². The summed E-state index contributed by atoms with van der Waals surface area (Å²) in [7, 11) is 0. The number of aryl methyl sites for hydroxylation is 2. The van der Waals surface area contributed by atoms with Gasteiger partial charge in [0.15, 0.2) is 12.4 Å². The number of carbonyl (C=O) groups excluding carboxylic acids is 1. The van der Waals surface area contributed by atoms with Gasteiger partial charge in [-0.2, -0.15) is 0 Å².